The second kappa shape index (κ2) is 22.6. The minimum atomic E-state index is 1.12. The molecule has 0 aromatic rings. The fourth-order valence-electron chi connectivity index (χ4n) is 2.19. The van der Waals surface area contributed by atoms with E-state index in [1.54, 1.807) is 0 Å². The summed E-state index contributed by atoms with van der Waals surface area (Å²) < 4.78 is 9.31. The first-order valence-electron chi connectivity index (χ1n) is 7.85. The van der Waals surface area contributed by atoms with Gasteiger partial charge in [0.15, 0.2) is 0 Å². The van der Waals surface area contributed by atoms with Gasteiger partial charge in [0.05, 0.1) is 0 Å². The van der Waals surface area contributed by atoms with E-state index < -0.39 is 0 Å². The summed E-state index contributed by atoms with van der Waals surface area (Å²) in [5.41, 5.74) is 0. The molecule has 0 saturated carbocycles. The molecule has 0 fully saturated rings. The van der Waals surface area contributed by atoms with Crippen LogP contribution in [0.3, 0.4) is 0 Å². The number of hydrogen-bond donors (Lipinski definition) is 0. The van der Waals surface area contributed by atoms with Crippen molar-refractivity contribution in [3.63, 3.8) is 0 Å². The molecule has 0 aromatic heterocycles. The Balaban J connectivity index is 0. The van der Waals surface area contributed by atoms with Crippen LogP contribution in [0.25, 0.3) is 0 Å². The third kappa shape index (κ3) is 21.7. The van der Waals surface area contributed by atoms with Crippen LogP contribution in [0.15, 0.2) is 0 Å². The summed E-state index contributed by atoms with van der Waals surface area (Å²) in [7, 11) is 0. The Morgan fingerprint density at radius 2 is 0.889 bits per heavy atom. The number of halogens is 1. The summed E-state index contributed by atoms with van der Waals surface area (Å²) in [6, 6.07) is 0. The number of hydrogen-bond acceptors (Lipinski definition) is 0. The first-order valence-corrected chi connectivity index (χ1v) is 8.30. The summed E-state index contributed by atoms with van der Waals surface area (Å²) in [6.45, 7) is 6.16. The van der Waals surface area contributed by atoms with Crippen LogP contribution in [0.5, 0.6) is 0 Å². The van der Waals surface area contributed by atoms with Gasteiger partial charge in [-0.25, -0.2) is 0 Å². The van der Waals surface area contributed by atoms with Crippen LogP contribution in [0.1, 0.15) is 96.8 Å². The van der Waals surface area contributed by atoms with Crippen molar-refractivity contribution in [1.82, 2.24) is 0 Å². The SMILES string of the molecule is [CH2-]CCCCCCCCCCCCCCC.[F][Mn+]. The molecular weight excluding hydrogens is 266 g/mol. The van der Waals surface area contributed by atoms with Crippen LogP contribution in [0.4, 0.5) is 3.55 Å². The van der Waals surface area contributed by atoms with E-state index in [4.69, 9.17) is 0 Å². The summed E-state index contributed by atoms with van der Waals surface area (Å²) in [6.07, 6.45) is 19.8. The van der Waals surface area contributed by atoms with Gasteiger partial charge >= 0.3 is 20.0 Å². The van der Waals surface area contributed by atoms with Gasteiger partial charge in [-0.1, -0.05) is 90.4 Å². The quantitative estimate of drug-likeness (QED) is 0.201. The molecule has 0 rings (SSSR count). The van der Waals surface area contributed by atoms with Crippen molar-refractivity contribution in [2.45, 2.75) is 96.8 Å². The Hall–Kier alpha value is 0.449. The molecule has 18 heavy (non-hydrogen) atoms. The molecule has 2 heteroatoms. The number of rotatable bonds is 13. The van der Waals surface area contributed by atoms with Crippen molar-refractivity contribution >= 4 is 0 Å². The molecule has 0 aliphatic rings. The van der Waals surface area contributed by atoms with Gasteiger partial charge < -0.3 is 6.92 Å². The molecule has 0 unspecified atom stereocenters. The zero-order valence-corrected chi connectivity index (χ0v) is 13.5. The van der Waals surface area contributed by atoms with E-state index in [1.807, 2.05) is 0 Å². The Morgan fingerprint density at radius 1 is 0.611 bits per heavy atom. The molecule has 0 aromatic carbocycles. The second-order valence-corrected chi connectivity index (χ2v) is 5.10. The predicted octanol–water partition coefficient (Wildman–Crippen LogP) is 6.72. The molecule has 0 amide bonds. The maximum absolute atomic E-state index is 9.31. The third-order valence-corrected chi connectivity index (χ3v) is 3.35. The molecule has 0 heterocycles. The van der Waals surface area contributed by atoms with Crippen molar-refractivity contribution < 1.29 is 20.0 Å². The van der Waals surface area contributed by atoms with Gasteiger partial charge in [-0.05, 0) is 0 Å². The molecule has 0 aliphatic heterocycles. The standard InChI is InChI=1S/C16H33.FH.Mn/c1-3-5-7-9-11-13-15-16-14-12-10-8-6-4-2;;/h1,3-16H2,2H3;1H;/q-1;;+2/p-1. The van der Waals surface area contributed by atoms with E-state index in [9.17, 15) is 3.55 Å². The van der Waals surface area contributed by atoms with E-state index in [0.717, 1.165) is 6.42 Å². The molecular formula is C16H33FMn. The first-order chi connectivity index (χ1) is 8.91. The monoisotopic (exact) mass is 299 g/mol. The summed E-state index contributed by atoms with van der Waals surface area (Å²) >= 11 is 1.44. The van der Waals surface area contributed by atoms with Gasteiger partial charge in [-0.2, -0.15) is 6.42 Å². The van der Waals surface area contributed by atoms with E-state index in [2.05, 4.69) is 13.8 Å². The van der Waals surface area contributed by atoms with Gasteiger partial charge in [0.1, 0.15) is 0 Å². The van der Waals surface area contributed by atoms with Crippen LogP contribution in [-0.2, 0) is 16.5 Å². The zero-order valence-electron chi connectivity index (χ0n) is 12.4. The second-order valence-electron chi connectivity index (χ2n) is 5.10. The Bertz CT molecular complexity index is 104. The molecule has 0 aliphatic carbocycles. The van der Waals surface area contributed by atoms with E-state index in [1.165, 1.54) is 99.9 Å². The molecule has 0 N–H and O–H groups in total. The molecule has 0 radical (unpaired) electrons. The fraction of sp³-hybridized carbons (Fsp3) is 0.938. The molecule has 0 atom stereocenters. The fourth-order valence-corrected chi connectivity index (χ4v) is 2.19. The number of unbranched alkanes of at least 4 members (excludes halogenated alkanes) is 13. The molecule has 0 spiro atoms. The normalized spacial score (nSPS) is 9.94. The predicted molar refractivity (Wildman–Crippen MR) is 76.8 cm³/mol. The van der Waals surface area contributed by atoms with E-state index in [-0.39, 0.29) is 0 Å². The summed E-state index contributed by atoms with van der Waals surface area (Å²) in [5, 5.41) is 0. The maximum atomic E-state index is 9.31. The summed E-state index contributed by atoms with van der Waals surface area (Å²) in [5.74, 6) is 0. The molecule has 111 valence electrons. The molecule has 0 nitrogen and oxygen atoms in total. The van der Waals surface area contributed by atoms with E-state index >= 15 is 0 Å². The molecule has 0 saturated heterocycles. The Morgan fingerprint density at radius 3 is 1.17 bits per heavy atom. The van der Waals surface area contributed by atoms with Crippen LogP contribution < -0.4 is 0 Å². The van der Waals surface area contributed by atoms with Gasteiger partial charge in [0.2, 0.25) is 0 Å². The van der Waals surface area contributed by atoms with Crippen molar-refractivity contribution in [2.75, 3.05) is 0 Å². The Labute approximate surface area is 124 Å². The van der Waals surface area contributed by atoms with Crippen LogP contribution in [-0.4, -0.2) is 0 Å². The van der Waals surface area contributed by atoms with Crippen molar-refractivity contribution in [3.05, 3.63) is 6.92 Å². The van der Waals surface area contributed by atoms with Crippen molar-refractivity contribution in [3.8, 4) is 0 Å². The van der Waals surface area contributed by atoms with Crippen molar-refractivity contribution in [1.29, 1.82) is 0 Å². The van der Waals surface area contributed by atoms with E-state index in [0.29, 0.717) is 0 Å². The van der Waals surface area contributed by atoms with Crippen LogP contribution in [0.2, 0.25) is 0 Å². The van der Waals surface area contributed by atoms with Gasteiger partial charge in [0, 0.05) is 0 Å². The minimum absolute atomic E-state index is 1.12. The third-order valence-electron chi connectivity index (χ3n) is 3.35. The molecule has 0 bridgehead atoms. The van der Waals surface area contributed by atoms with Crippen LogP contribution in [0, 0.1) is 6.92 Å². The zero-order chi connectivity index (χ0) is 13.9. The summed E-state index contributed by atoms with van der Waals surface area (Å²) in [4.78, 5) is 0. The van der Waals surface area contributed by atoms with Crippen molar-refractivity contribution in [2.24, 2.45) is 0 Å². The van der Waals surface area contributed by atoms with Gasteiger partial charge in [-0.3, -0.25) is 0 Å². The average molecular weight is 299 g/mol. The average Bonchev–Trinajstić information content (AvgIpc) is 2.42. The Kier molecular flexibility index (Phi) is 26.1. The topological polar surface area (TPSA) is 0 Å². The van der Waals surface area contributed by atoms with Gasteiger partial charge in [-0.15, -0.1) is 0 Å². The van der Waals surface area contributed by atoms with Gasteiger partial charge in [0.25, 0.3) is 0 Å². The van der Waals surface area contributed by atoms with Crippen LogP contribution >= 0.6 is 0 Å². The first kappa shape index (κ1) is 20.8.